The first-order chi connectivity index (χ1) is 8.74. The van der Waals surface area contributed by atoms with Gasteiger partial charge in [-0.2, -0.15) is 0 Å². The van der Waals surface area contributed by atoms with Crippen molar-refractivity contribution in [2.45, 2.75) is 26.2 Å². The van der Waals surface area contributed by atoms with Crippen LogP contribution in [-0.2, 0) is 14.3 Å². The second-order valence-electron chi connectivity index (χ2n) is 5.03. The van der Waals surface area contributed by atoms with Gasteiger partial charge in [-0.15, -0.1) is 0 Å². The number of rotatable bonds is 5. The van der Waals surface area contributed by atoms with Gasteiger partial charge in [-0.25, -0.2) is 0 Å². The molecule has 18 heavy (non-hydrogen) atoms. The van der Waals surface area contributed by atoms with Gasteiger partial charge < -0.3 is 15.0 Å². The van der Waals surface area contributed by atoms with Crippen LogP contribution in [0.1, 0.15) is 26.2 Å². The molecule has 5 nitrogen and oxygen atoms in total. The summed E-state index contributed by atoms with van der Waals surface area (Å²) < 4.78 is 5.22. The van der Waals surface area contributed by atoms with Crippen LogP contribution in [0.25, 0.3) is 0 Å². The van der Waals surface area contributed by atoms with E-state index in [2.05, 4.69) is 12.2 Å². The normalized spacial score (nSPS) is 26.8. The zero-order valence-corrected chi connectivity index (χ0v) is 11.0. The number of unbranched alkanes of at least 4 members (excludes halogenated alkanes) is 1. The van der Waals surface area contributed by atoms with Crippen LogP contribution in [-0.4, -0.2) is 49.6 Å². The summed E-state index contributed by atoms with van der Waals surface area (Å²) >= 11 is 0. The summed E-state index contributed by atoms with van der Waals surface area (Å²) in [6.45, 7) is 5.38. The van der Waals surface area contributed by atoms with Crippen molar-refractivity contribution in [3.8, 4) is 0 Å². The maximum atomic E-state index is 12.1. The minimum absolute atomic E-state index is 0.0510. The molecule has 2 rings (SSSR count). The Morgan fingerprint density at radius 1 is 1.28 bits per heavy atom. The minimum Gasteiger partial charge on any atom is -0.378 e. The lowest BCUT2D eigenvalue weighted by molar-refractivity contribution is -0.138. The molecule has 2 unspecified atom stereocenters. The Hall–Kier alpha value is -1.10. The summed E-state index contributed by atoms with van der Waals surface area (Å²) in [6, 6.07) is 0. The standard InChI is InChI=1S/C13H22N2O3/c1-2-3-4-14-12(16)10-9-11(10)13(17)15-5-7-18-8-6-15/h10-11H,2-9H2,1H3,(H,14,16). The Morgan fingerprint density at radius 3 is 2.67 bits per heavy atom. The molecule has 2 amide bonds. The van der Waals surface area contributed by atoms with Crippen LogP contribution in [0.15, 0.2) is 0 Å². The van der Waals surface area contributed by atoms with Gasteiger partial charge in [0.15, 0.2) is 0 Å². The van der Waals surface area contributed by atoms with Crippen LogP contribution in [0, 0.1) is 11.8 Å². The second-order valence-corrected chi connectivity index (χ2v) is 5.03. The zero-order chi connectivity index (χ0) is 13.0. The lowest BCUT2D eigenvalue weighted by Crippen LogP contribution is -2.42. The smallest absolute Gasteiger partial charge is 0.226 e. The largest absolute Gasteiger partial charge is 0.378 e. The Kier molecular flexibility index (Phi) is 4.58. The van der Waals surface area contributed by atoms with Crippen molar-refractivity contribution in [3.05, 3.63) is 0 Å². The molecule has 1 saturated heterocycles. The Morgan fingerprint density at radius 2 is 2.00 bits per heavy atom. The fourth-order valence-corrected chi connectivity index (χ4v) is 2.30. The summed E-state index contributed by atoms with van der Waals surface area (Å²) in [7, 11) is 0. The van der Waals surface area contributed by atoms with Gasteiger partial charge >= 0.3 is 0 Å². The number of nitrogens with zero attached hydrogens (tertiary/aromatic N) is 1. The Bertz CT molecular complexity index is 313. The molecule has 1 aliphatic heterocycles. The predicted octanol–water partition coefficient (Wildman–Crippen LogP) is 0.398. The molecule has 1 heterocycles. The van der Waals surface area contributed by atoms with Crippen molar-refractivity contribution in [2.75, 3.05) is 32.8 Å². The van der Waals surface area contributed by atoms with Gasteiger partial charge in [0.25, 0.3) is 0 Å². The minimum atomic E-state index is -0.0859. The van der Waals surface area contributed by atoms with E-state index in [1.165, 1.54) is 0 Å². The maximum absolute atomic E-state index is 12.1. The Labute approximate surface area is 108 Å². The molecule has 0 radical (unpaired) electrons. The lowest BCUT2D eigenvalue weighted by Gasteiger charge is -2.27. The fourth-order valence-electron chi connectivity index (χ4n) is 2.30. The number of ether oxygens (including phenoxy) is 1. The first-order valence-corrected chi connectivity index (χ1v) is 6.88. The Balaban J connectivity index is 1.72. The molecule has 0 spiro atoms. The monoisotopic (exact) mass is 254 g/mol. The highest BCUT2D eigenvalue weighted by Gasteiger charge is 2.49. The van der Waals surface area contributed by atoms with E-state index in [0.29, 0.717) is 32.7 Å². The molecular formula is C13H22N2O3. The van der Waals surface area contributed by atoms with Crippen molar-refractivity contribution in [2.24, 2.45) is 11.8 Å². The van der Waals surface area contributed by atoms with Crippen LogP contribution >= 0.6 is 0 Å². The number of carbonyl (C=O) groups is 2. The molecule has 1 saturated carbocycles. The third kappa shape index (κ3) is 3.22. The topological polar surface area (TPSA) is 58.6 Å². The van der Waals surface area contributed by atoms with E-state index in [-0.39, 0.29) is 23.7 Å². The van der Waals surface area contributed by atoms with Crippen molar-refractivity contribution in [1.29, 1.82) is 0 Å². The van der Waals surface area contributed by atoms with Gasteiger partial charge in [0, 0.05) is 19.6 Å². The van der Waals surface area contributed by atoms with E-state index in [1.807, 2.05) is 4.90 Å². The third-order valence-corrected chi connectivity index (χ3v) is 3.60. The third-order valence-electron chi connectivity index (χ3n) is 3.60. The van der Waals surface area contributed by atoms with Gasteiger partial charge in [-0.1, -0.05) is 13.3 Å². The molecule has 1 aliphatic carbocycles. The number of hydrogen-bond donors (Lipinski definition) is 1. The van der Waals surface area contributed by atoms with E-state index in [1.54, 1.807) is 0 Å². The summed E-state index contributed by atoms with van der Waals surface area (Å²) in [6.07, 6.45) is 2.79. The van der Waals surface area contributed by atoms with Crippen LogP contribution in [0.2, 0.25) is 0 Å². The summed E-state index contributed by atoms with van der Waals surface area (Å²) in [4.78, 5) is 25.7. The number of morpholine rings is 1. The number of nitrogens with one attached hydrogen (secondary N) is 1. The molecule has 2 atom stereocenters. The highest BCUT2D eigenvalue weighted by molar-refractivity contribution is 5.92. The second kappa shape index (κ2) is 6.18. The van der Waals surface area contributed by atoms with E-state index in [0.717, 1.165) is 19.4 Å². The van der Waals surface area contributed by atoms with Gasteiger partial charge in [0.2, 0.25) is 11.8 Å². The summed E-state index contributed by atoms with van der Waals surface area (Å²) in [5.74, 6) is 0.0194. The first kappa shape index (κ1) is 13.3. The maximum Gasteiger partial charge on any atom is 0.226 e. The molecule has 2 aliphatic rings. The van der Waals surface area contributed by atoms with Gasteiger partial charge in [-0.05, 0) is 12.8 Å². The van der Waals surface area contributed by atoms with Gasteiger partial charge in [0.05, 0.1) is 25.0 Å². The predicted molar refractivity (Wildman–Crippen MR) is 66.9 cm³/mol. The number of carbonyl (C=O) groups excluding carboxylic acids is 2. The summed E-state index contributed by atoms with van der Waals surface area (Å²) in [5.41, 5.74) is 0. The number of amides is 2. The molecule has 0 bridgehead atoms. The SMILES string of the molecule is CCCCNC(=O)C1CC1C(=O)N1CCOCC1. The molecule has 5 heteroatoms. The molecule has 0 aromatic heterocycles. The van der Waals surface area contributed by atoms with Crippen molar-refractivity contribution >= 4 is 11.8 Å². The van der Waals surface area contributed by atoms with Crippen molar-refractivity contribution in [1.82, 2.24) is 10.2 Å². The van der Waals surface area contributed by atoms with Gasteiger partial charge in [0.1, 0.15) is 0 Å². The average molecular weight is 254 g/mol. The van der Waals surface area contributed by atoms with Crippen molar-refractivity contribution in [3.63, 3.8) is 0 Å². The number of hydrogen-bond acceptors (Lipinski definition) is 3. The molecule has 0 aromatic carbocycles. The van der Waals surface area contributed by atoms with Crippen LogP contribution in [0.5, 0.6) is 0 Å². The highest BCUT2D eigenvalue weighted by atomic mass is 16.5. The molecule has 102 valence electrons. The van der Waals surface area contributed by atoms with E-state index < -0.39 is 0 Å². The van der Waals surface area contributed by atoms with Crippen LogP contribution in [0.4, 0.5) is 0 Å². The van der Waals surface area contributed by atoms with Gasteiger partial charge in [-0.3, -0.25) is 9.59 Å². The molecular weight excluding hydrogens is 232 g/mol. The highest BCUT2D eigenvalue weighted by Crippen LogP contribution is 2.40. The first-order valence-electron chi connectivity index (χ1n) is 6.88. The van der Waals surface area contributed by atoms with Crippen molar-refractivity contribution < 1.29 is 14.3 Å². The van der Waals surface area contributed by atoms with Crippen LogP contribution < -0.4 is 5.32 Å². The molecule has 0 aromatic rings. The molecule has 1 N–H and O–H groups in total. The van der Waals surface area contributed by atoms with E-state index in [9.17, 15) is 9.59 Å². The zero-order valence-electron chi connectivity index (χ0n) is 11.0. The summed E-state index contributed by atoms with van der Waals surface area (Å²) in [5, 5.41) is 2.90. The fraction of sp³-hybridized carbons (Fsp3) is 0.846. The average Bonchev–Trinajstić information content (AvgIpc) is 3.19. The quantitative estimate of drug-likeness (QED) is 0.722. The van der Waals surface area contributed by atoms with Crippen LogP contribution in [0.3, 0.4) is 0 Å². The van der Waals surface area contributed by atoms with E-state index in [4.69, 9.17) is 4.74 Å². The molecule has 2 fully saturated rings. The lowest BCUT2D eigenvalue weighted by atomic mass is 10.2. The van der Waals surface area contributed by atoms with E-state index >= 15 is 0 Å².